The molecule has 0 fully saturated rings. The second-order valence-electron chi connectivity index (χ2n) is 1.65. The Morgan fingerprint density at radius 1 is 1.67 bits per heavy atom. The predicted molar refractivity (Wildman–Crippen MR) is 41.9 cm³/mol. The van der Waals surface area contributed by atoms with Gasteiger partial charge in [-0.1, -0.05) is 18.9 Å². The van der Waals surface area contributed by atoms with Crippen molar-refractivity contribution < 1.29 is 4.57 Å². The topological polar surface area (TPSA) is 81.1 Å². The zero-order valence-corrected chi connectivity index (χ0v) is 7.04. The first-order valence-electron chi connectivity index (χ1n) is 2.62. The number of rotatable bonds is 4. The van der Waals surface area contributed by atoms with Crippen LogP contribution in [-0.2, 0) is 4.57 Å². The van der Waals surface area contributed by atoms with Crippen LogP contribution in [0, 0.1) is 0 Å². The summed E-state index contributed by atoms with van der Waals surface area (Å²) in [7, 11) is -2.98. The van der Waals surface area contributed by atoms with Crippen molar-refractivity contribution in [3.63, 3.8) is 0 Å². The molecule has 0 atom stereocenters. The zero-order chi connectivity index (χ0) is 7.33. The van der Waals surface area contributed by atoms with E-state index in [0.29, 0.717) is 0 Å². The first kappa shape index (κ1) is 9.46. The number of hydrogen-bond acceptors (Lipinski definition) is 2. The lowest BCUT2D eigenvalue weighted by Gasteiger charge is -2.05. The minimum absolute atomic E-state index is 0.873. The second-order valence-corrected chi connectivity index (χ2v) is 4.50. The molecule has 0 aliphatic carbocycles. The van der Waals surface area contributed by atoms with Crippen molar-refractivity contribution in [3.8, 4) is 0 Å². The molecule has 0 radical (unpaired) electrons. The van der Waals surface area contributed by atoms with Crippen LogP contribution in [0.25, 0.3) is 0 Å². The highest BCUT2D eigenvalue weighted by Gasteiger charge is 2.04. The van der Waals surface area contributed by atoms with Crippen LogP contribution in [0.15, 0.2) is 0 Å². The molecule has 0 unspecified atom stereocenters. The van der Waals surface area contributed by atoms with Crippen LogP contribution in [0.1, 0.15) is 13.3 Å². The summed E-state index contributed by atoms with van der Waals surface area (Å²) < 4.78 is 13.0. The van der Waals surface area contributed by atoms with Gasteiger partial charge in [0.25, 0.3) is 7.59 Å². The van der Waals surface area contributed by atoms with E-state index >= 15 is 0 Å². The Morgan fingerprint density at radius 3 is 2.56 bits per heavy atom. The lowest BCUT2D eigenvalue weighted by molar-refractivity contribution is 0.575. The van der Waals surface area contributed by atoms with Crippen LogP contribution in [0.5, 0.6) is 0 Å². The van der Waals surface area contributed by atoms with Crippen LogP contribution in [0.2, 0.25) is 0 Å². The van der Waals surface area contributed by atoms with Crippen molar-refractivity contribution >= 4 is 19.5 Å². The van der Waals surface area contributed by atoms with Gasteiger partial charge >= 0.3 is 0 Å². The predicted octanol–water partition coefficient (Wildman–Crippen LogP) is 0.660. The number of hydrogen-bond donors (Lipinski definition) is 3. The molecule has 0 bridgehead atoms. The molecule has 0 spiro atoms. The molecule has 4 nitrogen and oxygen atoms in total. The van der Waals surface area contributed by atoms with Gasteiger partial charge in [0.05, 0.1) is 0 Å². The summed E-state index contributed by atoms with van der Waals surface area (Å²) in [5.74, 6) is 0.873. The maximum absolute atomic E-state index is 10.5. The SMILES string of the molecule is CCCSNP(N)(N)=O. The van der Waals surface area contributed by atoms with Gasteiger partial charge in [0.1, 0.15) is 0 Å². The summed E-state index contributed by atoms with van der Waals surface area (Å²) in [6.45, 7) is 2.02. The van der Waals surface area contributed by atoms with Crippen molar-refractivity contribution in [3.05, 3.63) is 0 Å². The van der Waals surface area contributed by atoms with Crippen molar-refractivity contribution in [2.75, 3.05) is 5.75 Å². The molecular formula is C3H12N3OPS. The van der Waals surface area contributed by atoms with Crippen LogP contribution < -0.4 is 15.5 Å². The van der Waals surface area contributed by atoms with Crippen LogP contribution >= 0.6 is 19.5 Å². The van der Waals surface area contributed by atoms with E-state index in [9.17, 15) is 4.57 Å². The van der Waals surface area contributed by atoms with Gasteiger partial charge in [-0.25, -0.2) is 0 Å². The van der Waals surface area contributed by atoms with Crippen molar-refractivity contribution in [1.29, 1.82) is 0 Å². The smallest absolute Gasteiger partial charge is 0.271 e. The van der Waals surface area contributed by atoms with Gasteiger partial charge in [-0.05, 0) is 6.42 Å². The molecule has 0 aromatic heterocycles. The molecular weight excluding hydrogens is 157 g/mol. The molecule has 0 aromatic rings. The standard InChI is InChI=1S/C3H12N3OPS/c1-2-3-9-6-8(4,5)7/h2-3H2,1H3,(H5,4,5,6,7). The highest BCUT2D eigenvalue weighted by atomic mass is 32.2. The van der Waals surface area contributed by atoms with Gasteiger partial charge in [-0.2, -0.15) is 4.49 Å². The highest BCUT2D eigenvalue weighted by molar-refractivity contribution is 8.02. The minimum atomic E-state index is -2.98. The lowest BCUT2D eigenvalue weighted by Crippen LogP contribution is -2.16. The molecule has 0 aromatic carbocycles. The molecule has 9 heavy (non-hydrogen) atoms. The van der Waals surface area contributed by atoms with Crippen LogP contribution in [-0.4, -0.2) is 5.75 Å². The molecule has 0 aliphatic rings. The Morgan fingerprint density at radius 2 is 2.22 bits per heavy atom. The second kappa shape index (κ2) is 4.30. The summed E-state index contributed by atoms with van der Waals surface area (Å²) in [4.78, 5) is 0. The van der Waals surface area contributed by atoms with Crippen molar-refractivity contribution in [2.45, 2.75) is 13.3 Å². The molecule has 56 valence electrons. The van der Waals surface area contributed by atoms with E-state index in [1.807, 2.05) is 6.92 Å². The Labute approximate surface area is 59.4 Å². The third kappa shape index (κ3) is 8.46. The minimum Gasteiger partial charge on any atom is -0.271 e. The van der Waals surface area contributed by atoms with E-state index in [1.165, 1.54) is 11.9 Å². The molecule has 0 amide bonds. The average Bonchev–Trinajstić information content (AvgIpc) is 1.63. The summed E-state index contributed by atoms with van der Waals surface area (Å²) in [5, 5.41) is 0. The quantitative estimate of drug-likeness (QED) is 0.327. The van der Waals surface area contributed by atoms with E-state index in [0.717, 1.165) is 12.2 Å². The number of nitrogens with two attached hydrogens (primary N) is 2. The van der Waals surface area contributed by atoms with E-state index in [-0.39, 0.29) is 0 Å². The Bertz CT molecular complexity index is 114. The van der Waals surface area contributed by atoms with Crippen molar-refractivity contribution in [1.82, 2.24) is 4.49 Å². The van der Waals surface area contributed by atoms with E-state index < -0.39 is 7.59 Å². The maximum Gasteiger partial charge on any atom is 0.283 e. The van der Waals surface area contributed by atoms with Crippen LogP contribution in [0.4, 0.5) is 0 Å². The first-order valence-corrected chi connectivity index (χ1v) is 5.45. The highest BCUT2D eigenvalue weighted by Crippen LogP contribution is 2.22. The normalized spacial score (nSPS) is 11.9. The van der Waals surface area contributed by atoms with Crippen molar-refractivity contribution in [2.24, 2.45) is 11.0 Å². The first-order chi connectivity index (χ1) is 4.06. The fourth-order valence-electron chi connectivity index (χ4n) is 0.249. The van der Waals surface area contributed by atoms with E-state index in [1.54, 1.807) is 0 Å². The zero-order valence-electron chi connectivity index (χ0n) is 5.33. The summed E-state index contributed by atoms with van der Waals surface area (Å²) in [6, 6.07) is 0. The fraction of sp³-hybridized carbons (Fsp3) is 1.00. The fourth-order valence-corrected chi connectivity index (χ4v) is 1.62. The molecule has 5 N–H and O–H groups in total. The molecule has 0 rings (SSSR count). The average molecular weight is 169 g/mol. The Kier molecular flexibility index (Phi) is 4.52. The maximum atomic E-state index is 10.5. The van der Waals surface area contributed by atoms with E-state index in [2.05, 4.69) is 4.49 Å². The van der Waals surface area contributed by atoms with Gasteiger partial charge in [-0.3, -0.25) is 15.6 Å². The Hall–Kier alpha value is 0.460. The van der Waals surface area contributed by atoms with Gasteiger partial charge < -0.3 is 0 Å². The summed E-state index contributed by atoms with van der Waals surface area (Å²) >= 11 is 1.30. The Balaban J connectivity index is 3.18. The third-order valence-electron chi connectivity index (χ3n) is 0.513. The monoisotopic (exact) mass is 169 g/mol. The largest absolute Gasteiger partial charge is 0.283 e. The van der Waals surface area contributed by atoms with Gasteiger partial charge in [0, 0.05) is 5.75 Å². The summed E-state index contributed by atoms with van der Waals surface area (Å²) in [6.07, 6.45) is 1.01. The molecule has 0 heterocycles. The van der Waals surface area contributed by atoms with Gasteiger partial charge in [0.15, 0.2) is 0 Å². The lowest BCUT2D eigenvalue weighted by atomic mass is 10.6. The number of nitrogens with one attached hydrogen (secondary N) is 1. The summed E-state index contributed by atoms with van der Waals surface area (Å²) in [5.41, 5.74) is 9.96. The van der Waals surface area contributed by atoms with Gasteiger partial charge in [-0.15, -0.1) is 0 Å². The molecule has 6 heteroatoms. The van der Waals surface area contributed by atoms with Gasteiger partial charge in [0.2, 0.25) is 0 Å². The molecule has 0 aliphatic heterocycles. The molecule has 0 saturated carbocycles. The van der Waals surface area contributed by atoms with E-state index in [4.69, 9.17) is 11.0 Å². The molecule has 0 saturated heterocycles. The van der Waals surface area contributed by atoms with Crippen LogP contribution in [0.3, 0.4) is 0 Å². The third-order valence-corrected chi connectivity index (χ3v) is 2.78.